The molecule has 1 atom stereocenters. The van der Waals surface area contributed by atoms with Gasteiger partial charge in [0.25, 0.3) is 0 Å². The predicted molar refractivity (Wildman–Crippen MR) is 101 cm³/mol. The SMILES string of the molecule is COc1ccc(C(=O)CNCC(c2ccc(F)cc2)N(C)C)cc1Br. The van der Waals surface area contributed by atoms with Gasteiger partial charge in [-0.25, -0.2) is 4.39 Å². The van der Waals surface area contributed by atoms with Crippen molar-refractivity contribution in [2.24, 2.45) is 0 Å². The quantitative estimate of drug-likeness (QED) is 0.676. The van der Waals surface area contributed by atoms with Crippen molar-refractivity contribution >= 4 is 21.7 Å². The van der Waals surface area contributed by atoms with E-state index in [-0.39, 0.29) is 24.2 Å². The lowest BCUT2D eigenvalue weighted by molar-refractivity contribution is 0.0988. The van der Waals surface area contributed by atoms with Gasteiger partial charge in [-0.3, -0.25) is 4.79 Å². The molecule has 0 saturated carbocycles. The first kappa shape index (κ1) is 19.6. The number of benzene rings is 2. The van der Waals surface area contributed by atoms with Crippen molar-refractivity contribution in [3.63, 3.8) is 0 Å². The van der Waals surface area contributed by atoms with Crippen LogP contribution >= 0.6 is 15.9 Å². The minimum absolute atomic E-state index is 0.0000321. The summed E-state index contributed by atoms with van der Waals surface area (Å²) in [6.07, 6.45) is 0. The fourth-order valence-electron chi connectivity index (χ4n) is 2.55. The highest BCUT2D eigenvalue weighted by Gasteiger charge is 2.15. The van der Waals surface area contributed by atoms with Gasteiger partial charge in [-0.15, -0.1) is 0 Å². The van der Waals surface area contributed by atoms with Crippen molar-refractivity contribution < 1.29 is 13.9 Å². The zero-order valence-electron chi connectivity index (χ0n) is 14.6. The number of Topliss-reactive ketones (excluding diaryl/α,β-unsaturated/α-hetero) is 1. The summed E-state index contributed by atoms with van der Waals surface area (Å²) in [4.78, 5) is 14.4. The summed E-state index contributed by atoms with van der Waals surface area (Å²) in [5, 5.41) is 3.19. The molecule has 0 fully saturated rings. The van der Waals surface area contributed by atoms with E-state index in [1.165, 1.54) is 12.1 Å². The zero-order valence-corrected chi connectivity index (χ0v) is 16.1. The number of likely N-dealkylation sites (N-methyl/N-ethyl adjacent to an activating group) is 1. The summed E-state index contributed by atoms with van der Waals surface area (Å²) in [7, 11) is 5.50. The average molecular weight is 409 g/mol. The minimum Gasteiger partial charge on any atom is -0.496 e. The fourth-order valence-corrected chi connectivity index (χ4v) is 3.09. The van der Waals surface area contributed by atoms with Crippen LogP contribution in [0.25, 0.3) is 0 Å². The van der Waals surface area contributed by atoms with Gasteiger partial charge in [-0.1, -0.05) is 12.1 Å². The van der Waals surface area contributed by atoms with E-state index in [0.717, 1.165) is 10.0 Å². The van der Waals surface area contributed by atoms with Gasteiger partial charge in [0.15, 0.2) is 5.78 Å². The van der Waals surface area contributed by atoms with Crippen LogP contribution in [0.5, 0.6) is 5.75 Å². The molecule has 2 aromatic carbocycles. The smallest absolute Gasteiger partial charge is 0.176 e. The summed E-state index contributed by atoms with van der Waals surface area (Å²) in [5.74, 6) is 0.433. The maximum absolute atomic E-state index is 13.1. The van der Waals surface area contributed by atoms with Crippen LogP contribution in [-0.4, -0.2) is 45.0 Å². The molecule has 6 heteroatoms. The van der Waals surface area contributed by atoms with E-state index >= 15 is 0 Å². The van der Waals surface area contributed by atoms with E-state index in [9.17, 15) is 9.18 Å². The number of nitrogens with zero attached hydrogens (tertiary/aromatic N) is 1. The predicted octanol–water partition coefficient (Wildman–Crippen LogP) is 3.67. The van der Waals surface area contributed by atoms with Crippen molar-refractivity contribution in [2.45, 2.75) is 6.04 Å². The number of halogens is 2. The van der Waals surface area contributed by atoms with Gasteiger partial charge in [0.1, 0.15) is 11.6 Å². The van der Waals surface area contributed by atoms with E-state index in [1.54, 1.807) is 37.4 Å². The highest BCUT2D eigenvalue weighted by atomic mass is 79.9. The number of nitrogens with one attached hydrogen (secondary N) is 1. The van der Waals surface area contributed by atoms with E-state index in [4.69, 9.17) is 4.74 Å². The molecule has 0 aliphatic carbocycles. The summed E-state index contributed by atoms with van der Waals surface area (Å²) < 4.78 is 19.0. The molecule has 1 N–H and O–H groups in total. The van der Waals surface area contributed by atoms with Gasteiger partial charge in [0.05, 0.1) is 18.1 Å². The number of rotatable bonds is 8. The van der Waals surface area contributed by atoms with Crippen molar-refractivity contribution in [3.05, 3.63) is 63.9 Å². The Kier molecular flexibility index (Phi) is 7.11. The Balaban J connectivity index is 1.96. The number of ketones is 1. The van der Waals surface area contributed by atoms with Crippen LogP contribution in [0, 0.1) is 5.82 Å². The van der Waals surface area contributed by atoms with Gasteiger partial charge in [0.2, 0.25) is 0 Å². The number of hydrogen-bond acceptors (Lipinski definition) is 4. The third-order valence-electron chi connectivity index (χ3n) is 3.98. The Hall–Kier alpha value is -1.76. The lowest BCUT2D eigenvalue weighted by atomic mass is 10.1. The number of hydrogen-bond donors (Lipinski definition) is 1. The van der Waals surface area contributed by atoms with Gasteiger partial charge >= 0.3 is 0 Å². The molecule has 0 heterocycles. The van der Waals surface area contributed by atoms with Gasteiger partial charge in [0, 0.05) is 18.2 Å². The van der Waals surface area contributed by atoms with Gasteiger partial charge < -0.3 is 15.0 Å². The molecule has 0 aliphatic rings. The van der Waals surface area contributed by atoms with Gasteiger partial charge in [-0.2, -0.15) is 0 Å². The van der Waals surface area contributed by atoms with Crippen LogP contribution in [0.3, 0.4) is 0 Å². The summed E-state index contributed by atoms with van der Waals surface area (Å²) >= 11 is 3.39. The zero-order chi connectivity index (χ0) is 18.4. The molecular formula is C19H22BrFN2O2. The van der Waals surface area contributed by atoms with Crippen LogP contribution in [-0.2, 0) is 0 Å². The van der Waals surface area contributed by atoms with Crippen molar-refractivity contribution in [1.82, 2.24) is 10.2 Å². The molecular weight excluding hydrogens is 387 g/mol. The number of ether oxygens (including phenoxy) is 1. The lowest BCUT2D eigenvalue weighted by Crippen LogP contribution is -2.33. The average Bonchev–Trinajstić information content (AvgIpc) is 2.59. The largest absolute Gasteiger partial charge is 0.496 e. The Morgan fingerprint density at radius 2 is 1.92 bits per heavy atom. The highest BCUT2D eigenvalue weighted by Crippen LogP contribution is 2.25. The molecule has 1 unspecified atom stereocenters. The Labute approximate surface area is 156 Å². The molecule has 0 radical (unpaired) electrons. The lowest BCUT2D eigenvalue weighted by Gasteiger charge is -2.25. The molecule has 0 saturated heterocycles. The van der Waals surface area contributed by atoms with Gasteiger partial charge in [-0.05, 0) is 65.9 Å². The van der Waals surface area contributed by atoms with Crippen molar-refractivity contribution in [2.75, 3.05) is 34.3 Å². The highest BCUT2D eigenvalue weighted by molar-refractivity contribution is 9.10. The van der Waals surface area contributed by atoms with Crippen LogP contribution in [0.1, 0.15) is 22.0 Å². The summed E-state index contributed by atoms with van der Waals surface area (Å²) in [6, 6.07) is 11.8. The Morgan fingerprint density at radius 3 is 2.48 bits per heavy atom. The summed E-state index contributed by atoms with van der Waals surface area (Å²) in [5.41, 5.74) is 1.61. The second kappa shape index (κ2) is 9.08. The molecule has 0 bridgehead atoms. The maximum Gasteiger partial charge on any atom is 0.176 e. The molecule has 0 amide bonds. The first-order valence-corrected chi connectivity index (χ1v) is 8.71. The normalized spacial score (nSPS) is 12.2. The van der Waals surface area contributed by atoms with Crippen LogP contribution < -0.4 is 10.1 Å². The molecule has 4 nitrogen and oxygen atoms in total. The van der Waals surface area contributed by atoms with E-state index < -0.39 is 0 Å². The molecule has 134 valence electrons. The third-order valence-corrected chi connectivity index (χ3v) is 4.59. The molecule has 0 aliphatic heterocycles. The minimum atomic E-state index is -0.255. The van der Waals surface area contributed by atoms with Crippen LogP contribution in [0.2, 0.25) is 0 Å². The fraction of sp³-hybridized carbons (Fsp3) is 0.316. The standard InChI is InChI=1S/C19H22BrFN2O2/c1-23(2)17(13-4-7-15(21)8-5-13)11-22-12-18(24)14-6-9-19(25-3)16(20)10-14/h4-10,17,22H,11-12H2,1-3H3. The number of carbonyl (C=O) groups is 1. The molecule has 25 heavy (non-hydrogen) atoms. The second-order valence-electron chi connectivity index (χ2n) is 5.93. The maximum atomic E-state index is 13.1. The van der Waals surface area contributed by atoms with E-state index in [0.29, 0.717) is 17.9 Å². The van der Waals surface area contributed by atoms with Crippen molar-refractivity contribution in [1.29, 1.82) is 0 Å². The first-order valence-electron chi connectivity index (χ1n) is 7.91. The topological polar surface area (TPSA) is 41.6 Å². The molecule has 0 spiro atoms. The van der Waals surface area contributed by atoms with Crippen LogP contribution in [0.15, 0.2) is 46.9 Å². The second-order valence-corrected chi connectivity index (χ2v) is 6.79. The number of carbonyl (C=O) groups excluding carboxylic acids is 1. The van der Waals surface area contributed by atoms with Crippen LogP contribution in [0.4, 0.5) is 4.39 Å². The molecule has 2 aromatic rings. The first-order chi connectivity index (χ1) is 11.9. The third kappa shape index (κ3) is 5.36. The van der Waals surface area contributed by atoms with E-state index in [2.05, 4.69) is 21.2 Å². The van der Waals surface area contributed by atoms with E-state index in [1.807, 2.05) is 19.0 Å². The van der Waals surface area contributed by atoms with Crippen molar-refractivity contribution in [3.8, 4) is 5.75 Å². The Morgan fingerprint density at radius 1 is 1.24 bits per heavy atom. The monoisotopic (exact) mass is 408 g/mol. The molecule has 0 aromatic heterocycles. The summed E-state index contributed by atoms with van der Waals surface area (Å²) in [6.45, 7) is 0.812. The molecule has 2 rings (SSSR count). The Bertz CT molecular complexity index is 720. The number of methoxy groups -OCH3 is 1.